The average Bonchev–Trinajstić information content (AvgIpc) is 2.38. The van der Waals surface area contributed by atoms with E-state index in [1.165, 1.54) is 0 Å². The summed E-state index contributed by atoms with van der Waals surface area (Å²) < 4.78 is 5.22. The van der Waals surface area contributed by atoms with E-state index in [0.29, 0.717) is 19.5 Å². The maximum absolute atomic E-state index is 10.2. The van der Waals surface area contributed by atoms with Gasteiger partial charge in [-0.3, -0.25) is 0 Å². The Morgan fingerprint density at radius 2 is 1.38 bits per heavy atom. The van der Waals surface area contributed by atoms with Crippen LogP contribution >= 0.6 is 0 Å². The SMILES string of the molecule is NCC1(CN)CCOCC1.O=C([O-])C1(C(=O)[O-])CCC1.[Pt+4]. The molecule has 0 unspecified atom stereocenters. The monoisotopic (exact) mass is 481 g/mol. The van der Waals surface area contributed by atoms with Gasteiger partial charge in [0, 0.05) is 18.6 Å². The van der Waals surface area contributed by atoms with Gasteiger partial charge in [-0.15, -0.1) is 0 Å². The molecule has 122 valence electrons. The van der Waals surface area contributed by atoms with Gasteiger partial charge >= 0.3 is 21.1 Å². The molecule has 8 heteroatoms. The zero-order valence-electron chi connectivity index (χ0n) is 11.9. The maximum Gasteiger partial charge on any atom is 4.00 e. The molecule has 4 N–H and O–H groups in total. The number of carboxylic acid groups (broad SMARTS) is 2. The Kier molecular flexibility index (Phi) is 8.62. The molecule has 1 saturated heterocycles. The summed E-state index contributed by atoms with van der Waals surface area (Å²) in [6, 6.07) is 0. The second-order valence-corrected chi connectivity index (χ2v) is 5.53. The van der Waals surface area contributed by atoms with E-state index in [2.05, 4.69) is 0 Å². The third-order valence-electron chi connectivity index (χ3n) is 4.41. The van der Waals surface area contributed by atoms with Crippen LogP contribution in [0.25, 0.3) is 0 Å². The van der Waals surface area contributed by atoms with Crippen LogP contribution in [0.15, 0.2) is 0 Å². The van der Waals surface area contributed by atoms with E-state index in [0.717, 1.165) is 26.1 Å². The Bertz CT molecular complexity index is 332. The molecule has 0 atom stereocenters. The van der Waals surface area contributed by atoms with Crippen LogP contribution in [0, 0.1) is 10.8 Å². The summed E-state index contributed by atoms with van der Waals surface area (Å²) in [5.41, 5.74) is 9.75. The zero-order valence-corrected chi connectivity index (χ0v) is 14.1. The van der Waals surface area contributed by atoms with Crippen LogP contribution in [0.4, 0.5) is 0 Å². The van der Waals surface area contributed by atoms with Gasteiger partial charge in [0.2, 0.25) is 0 Å². The fraction of sp³-hybridized carbons (Fsp3) is 0.846. The van der Waals surface area contributed by atoms with Crippen molar-refractivity contribution in [3.05, 3.63) is 0 Å². The molecule has 21 heavy (non-hydrogen) atoms. The molecule has 0 amide bonds. The smallest absolute Gasteiger partial charge is 0.549 e. The largest absolute Gasteiger partial charge is 4.00 e. The summed E-state index contributed by atoms with van der Waals surface area (Å²) >= 11 is 0. The maximum atomic E-state index is 10.2. The Labute approximate surface area is 138 Å². The van der Waals surface area contributed by atoms with Crippen molar-refractivity contribution >= 4 is 11.9 Å². The van der Waals surface area contributed by atoms with E-state index in [-0.39, 0.29) is 39.3 Å². The van der Waals surface area contributed by atoms with Crippen LogP contribution < -0.4 is 21.7 Å². The first kappa shape index (κ1) is 20.5. The number of aliphatic carboxylic acids is 2. The summed E-state index contributed by atoms with van der Waals surface area (Å²) in [6.45, 7) is 3.06. The molecule has 0 aromatic carbocycles. The van der Waals surface area contributed by atoms with Crippen molar-refractivity contribution in [2.24, 2.45) is 22.3 Å². The van der Waals surface area contributed by atoms with Crippen LogP contribution in [0.5, 0.6) is 0 Å². The Hall–Kier alpha value is -0.492. The molecular weight excluding hydrogens is 459 g/mol. The summed E-state index contributed by atoms with van der Waals surface area (Å²) in [5, 5.41) is 20.4. The van der Waals surface area contributed by atoms with Crippen molar-refractivity contribution in [2.75, 3.05) is 26.3 Å². The van der Waals surface area contributed by atoms with Crippen molar-refractivity contribution in [3.63, 3.8) is 0 Å². The van der Waals surface area contributed by atoms with Gasteiger partial charge in [0.1, 0.15) is 0 Å². The van der Waals surface area contributed by atoms with Gasteiger partial charge in [-0.25, -0.2) is 0 Å². The third kappa shape index (κ3) is 4.74. The minimum Gasteiger partial charge on any atom is -0.549 e. The fourth-order valence-corrected chi connectivity index (χ4v) is 2.32. The molecule has 1 saturated carbocycles. The van der Waals surface area contributed by atoms with Crippen LogP contribution in [0.3, 0.4) is 0 Å². The molecule has 7 nitrogen and oxygen atoms in total. The van der Waals surface area contributed by atoms with E-state index in [1.54, 1.807) is 0 Å². The number of carbonyl (C=O) groups excluding carboxylic acids is 2. The molecule has 2 rings (SSSR count). The molecule has 0 bridgehead atoms. The molecule has 0 aromatic heterocycles. The molecule has 1 aliphatic carbocycles. The van der Waals surface area contributed by atoms with E-state index in [4.69, 9.17) is 16.2 Å². The van der Waals surface area contributed by atoms with Crippen molar-refractivity contribution in [1.29, 1.82) is 0 Å². The molecule has 0 radical (unpaired) electrons. The average molecular weight is 481 g/mol. The number of hydrogen-bond acceptors (Lipinski definition) is 7. The van der Waals surface area contributed by atoms with Crippen LogP contribution in [0.2, 0.25) is 0 Å². The second-order valence-electron chi connectivity index (χ2n) is 5.53. The van der Waals surface area contributed by atoms with Crippen LogP contribution in [-0.4, -0.2) is 38.2 Å². The first-order chi connectivity index (χ1) is 9.42. The van der Waals surface area contributed by atoms with Gasteiger partial charge in [0.25, 0.3) is 0 Å². The predicted octanol–water partition coefficient (Wildman–Crippen LogP) is -2.65. The van der Waals surface area contributed by atoms with Gasteiger partial charge in [-0.05, 0) is 44.2 Å². The quantitative estimate of drug-likeness (QED) is 0.418. The number of rotatable bonds is 4. The van der Waals surface area contributed by atoms with E-state index < -0.39 is 17.4 Å². The number of hydrogen-bond donors (Lipinski definition) is 2. The predicted molar refractivity (Wildman–Crippen MR) is 66.9 cm³/mol. The Morgan fingerprint density at radius 1 is 0.952 bits per heavy atom. The number of carbonyl (C=O) groups is 2. The van der Waals surface area contributed by atoms with Gasteiger partial charge in [0.05, 0.1) is 11.9 Å². The van der Waals surface area contributed by atoms with Crippen molar-refractivity contribution in [2.45, 2.75) is 32.1 Å². The number of ether oxygens (including phenoxy) is 1. The molecule has 2 fully saturated rings. The zero-order chi connectivity index (χ0) is 15.2. The summed E-state index contributed by atoms with van der Waals surface area (Å²) in [7, 11) is 0. The molecule has 1 heterocycles. The van der Waals surface area contributed by atoms with Crippen molar-refractivity contribution in [3.8, 4) is 0 Å². The van der Waals surface area contributed by atoms with Crippen molar-refractivity contribution in [1.82, 2.24) is 0 Å². The fourth-order valence-electron chi connectivity index (χ4n) is 2.32. The molecular formula is C13H22N2O5Pt+2. The standard InChI is InChI=1S/C7H16N2O.C6H8O4.Pt/c8-5-7(6-9)1-3-10-4-2-7;7-4(8)6(5(9)10)2-1-3-6;/h1-6,8-9H2;1-3H2,(H,7,8)(H,9,10);/q;;+4/p-2. The molecule has 1 aliphatic heterocycles. The third-order valence-corrected chi connectivity index (χ3v) is 4.41. The van der Waals surface area contributed by atoms with Gasteiger partial charge < -0.3 is 36.0 Å². The van der Waals surface area contributed by atoms with Crippen LogP contribution in [0.1, 0.15) is 32.1 Å². The van der Waals surface area contributed by atoms with E-state index in [9.17, 15) is 19.8 Å². The van der Waals surface area contributed by atoms with Gasteiger partial charge in [-0.1, -0.05) is 6.42 Å². The molecule has 0 aromatic rings. The first-order valence-corrected chi connectivity index (χ1v) is 6.83. The second kappa shape index (κ2) is 8.83. The first-order valence-electron chi connectivity index (χ1n) is 6.83. The minimum atomic E-state index is -1.67. The van der Waals surface area contributed by atoms with E-state index >= 15 is 0 Å². The van der Waals surface area contributed by atoms with E-state index in [1.807, 2.05) is 0 Å². The van der Waals surface area contributed by atoms with Crippen LogP contribution in [-0.2, 0) is 35.4 Å². The number of carboxylic acids is 2. The number of nitrogens with two attached hydrogens (primary N) is 2. The normalized spacial score (nSPS) is 21.8. The minimum absolute atomic E-state index is 0. The Balaban J connectivity index is 0.000000364. The van der Waals surface area contributed by atoms with Gasteiger partial charge in [-0.2, -0.15) is 0 Å². The van der Waals surface area contributed by atoms with Gasteiger partial charge in [0.15, 0.2) is 0 Å². The molecule has 0 spiro atoms. The molecule has 2 aliphatic rings. The summed E-state index contributed by atoms with van der Waals surface area (Å²) in [5.74, 6) is -3.03. The Morgan fingerprint density at radius 3 is 1.52 bits per heavy atom. The summed E-state index contributed by atoms with van der Waals surface area (Å²) in [4.78, 5) is 20.4. The summed E-state index contributed by atoms with van der Waals surface area (Å²) in [6.07, 6.45) is 2.98. The topological polar surface area (TPSA) is 142 Å². The van der Waals surface area contributed by atoms with Crippen molar-refractivity contribution < 1.29 is 45.6 Å².